The molecule has 1 aromatic carbocycles. The van der Waals surface area contributed by atoms with E-state index in [1.807, 2.05) is 0 Å². The molecule has 0 spiro atoms. The van der Waals surface area contributed by atoms with Gasteiger partial charge in [0.15, 0.2) is 0 Å². The van der Waals surface area contributed by atoms with Crippen LogP contribution in [0.1, 0.15) is 0 Å². The molecule has 17 heavy (non-hydrogen) atoms. The van der Waals surface area contributed by atoms with Crippen LogP contribution in [0.25, 0.3) is 0 Å². The summed E-state index contributed by atoms with van der Waals surface area (Å²) in [6.45, 7) is -0.288. The molecule has 0 aliphatic carbocycles. The van der Waals surface area contributed by atoms with Crippen LogP contribution >= 0.6 is 0 Å². The number of carbonyl (C=O) groups is 1. The van der Waals surface area contributed by atoms with E-state index in [-0.39, 0.29) is 23.0 Å². The zero-order chi connectivity index (χ0) is 13.1. The third kappa shape index (κ3) is 3.43. The van der Waals surface area contributed by atoms with Crippen LogP contribution in [0.5, 0.6) is 0 Å². The van der Waals surface area contributed by atoms with E-state index in [9.17, 15) is 13.2 Å². The summed E-state index contributed by atoms with van der Waals surface area (Å²) in [6, 6.07) is 6.08. The molecular formula is C10H15N3O3S. The van der Waals surface area contributed by atoms with Crippen molar-refractivity contribution in [3.05, 3.63) is 24.3 Å². The van der Waals surface area contributed by atoms with E-state index in [4.69, 9.17) is 5.73 Å². The third-order valence-electron chi connectivity index (χ3n) is 2.12. The SMILES string of the molecule is CN(C)C(=O)CNS(=O)(=O)c1ccccc1N. The largest absolute Gasteiger partial charge is 0.398 e. The quantitative estimate of drug-likeness (QED) is 0.720. The maximum Gasteiger partial charge on any atom is 0.243 e. The fourth-order valence-electron chi connectivity index (χ4n) is 1.12. The number of para-hydroxylation sites is 1. The van der Waals surface area contributed by atoms with E-state index in [1.165, 1.54) is 17.0 Å². The van der Waals surface area contributed by atoms with Gasteiger partial charge in [-0.25, -0.2) is 13.1 Å². The minimum atomic E-state index is -3.74. The average Bonchev–Trinajstić information content (AvgIpc) is 2.26. The molecule has 0 bridgehead atoms. The number of nitrogens with one attached hydrogen (secondary N) is 1. The number of benzene rings is 1. The average molecular weight is 257 g/mol. The smallest absolute Gasteiger partial charge is 0.243 e. The molecule has 1 rings (SSSR count). The standard InChI is InChI=1S/C10H15N3O3S/c1-13(2)10(14)7-12-17(15,16)9-6-4-3-5-8(9)11/h3-6,12H,7,11H2,1-2H3. The number of rotatable bonds is 4. The lowest BCUT2D eigenvalue weighted by Crippen LogP contribution is -2.36. The molecule has 0 aliphatic heterocycles. The van der Waals surface area contributed by atoms with E-state index in [0.717, 1.165) is 0 Å². The molecule has 3 N–H and O–H groups in total. The molecule has 94 valence electrons. The second-order valence-electron chi connectivity index (χ2n) is 3.65. The zero-order valence-electron chi connectivity index (χ0n) is 9.67. The van der Waals surface area contributed by atoms with E-state index >= 15 is 0 Å². The second-order valence-corrected chi connectivity index (χ2v) is 5.39. The monoisotopic (exact) mass is 257 g/mol. The highest BCUT2D eigenvalue weighted by Gasteiger charge is 2.18. The predicted molar refractivity (Wildman–Crippen MR) is 64.7 cm³/mol. The van der Waals surface area contributed by atoms with Gasteiger partial charge in [-0.1, -0.05) is 12.1 Å². The van der Waals surface area contributed by atoms with Gasteiger partial charge < -0.3 is 10.6 Å². The first-order chi connectivity index (χ1) is 7.84. The van der Waals surface area contributed by atoms with Crippen molar-refractivity contribution in [1.29, 1.82) is 0 Å². The lowest BCUT2D eigenvalue weighted by atomic mass is 10.3. The molecule has 6 nitrogen and oxygen atoms in total. The van der Waals surface area contributed by atoms with Gasteiger partial charge in [-0.3, -0.25) is 4.79 Å². The van der Waals surface area contributed by atoms with Crippen molar-refractivity contribution in [2.45, 2.75) is 4.90 Å². The molecular weight excluding hydrogens is 242 g/mol. The molecule has 0 saturated heterocycles. The van der Waals surface area contributed by atoms with Crippen molar-refractivity contribution in [3.8, 4) is 0 Å². The summed E-state index contributed by atoms with van der Waals surface area (Å²) >= 11 is 0. The highest BCUT2D eigenvalue weighted by atomic mass is 32.2. The fraction of sp³-hybridized carbons (Fsp3) is 0.300. The first kappa shape index (κ1) is 13.5. The van der Waals surface area contributed by atoms with Gasteiger partial charge in [0.2, 0.25) is 15.9 Å². The van der Waals surface area contributed by atoms with Crippen molar-refractivity contribution >= 4 is 21.6 Å². The number of nitrogen functional groups attached to an aromatic ring is 1. The van der Waals surface area contributed by atoms with Gasteiger partial charge in [0, 0.05) is 14.1 Å². The van der Waals surface area contributed by atoms with Crippen LogP contribution in [-0.4, -0.2) is 39.9 Å². The number of amides is 1. The molecule has 0 atom stereocenters. The summed E-state index contributed by atoms with van der Waals surface area (Å²) in [7, 11) is -0.644. The highest BCUT2D eigenvalue weighted by Crippen LogP contribution is 2.16. The molecule has 0 fully saturated rings. The summed E-state index contributed by atoms with van der Waals surface area (Å²) in [5.74, 6) is -0.330. The Morgan fingerprint density at radius 1 is 1.35 bits per heavy atom. The Bertz CT molecular complexity index is 511. The maximum absolute atomic E-state index is 11.8. The van der Waals surface area contributed by atoms with Gasteiger partial charge in [0.1, 0.15) is 4.90 Å². The number of nitrogens with zero attached hydrogens (tertiary/aromatic N) is 1. The van der Waals surface area contributed by atoms with Crippen molar-refractivity contribution in [2.75, 3.05) is 26.4 Å². The molecule has 1 aromatic rings. The van der Waals surface area contributed by atoms with Gasteiger partial charge in [0.05, 0.1) is 12.2 Å². The van der Waals surface area contributed by atoms with E-state index in [2.05, 4.69) is 4.72 Å². The molecule has 0 unspecified atom stereocenters. The van der Waals surface area contributed by atoms with Gasteiger partial charge in [-0.05, 0) is 12.1 Å². The van der Waals surface area contributed by atoms with Gasteiger partial charge in [-0.15, -0.1) is 0 Å². The summed E-state index contributed by atoms with van der Waals surface area (Å²) in [6.07, 6.45) is 0. The molecule has 0 radical (unpaired) electrons. The number of anilines is 1. The lowest BCUT2D eigenvalue weighted by molar-refractivity contribution is -0.127. The first-order valence-corrected chi connectivity index (χ1v) is 6.37. The lowest BCUT2D eigenvalue weighted by Gasteiger charge is -2.12. The Balaban J connectivity index is 2.84. The first-order valence-electron chi connectivity index (χ1n) is 4.89. The van der Waals surface area contributed by atoms with Gasteiger partial charge in [0.25, 0.3) is 0 Å². The minimum absolute atomic E-state index is 0.0217. The van der Waals surface area contributed by atoms with Crippen molar-refractivity contribution in [2.24, 2.45) is 0 Å². The van der Waals surface area contributed by atoms with Crippen molar-refractivity contribution in [1.82, 2.24) is 9.62 Å². The van der Waals surface area contributed by atoms with Crippen LogP contribution in [-0.2, 0) is 14.8 Å². The molecule has 7 heteroatoms. The molecule has 0 saturated carbocycles. The van der Waals surface area contributed by atoms with Crippen LogP contribution < -0.4 is 10.5 Å². The number of carbonyl (C=O) groups excluding carboxylic acids is 1. The Labute approximate surface area is 100 Å². The number of likely N-dealkylation sites (N-methyl/N-ethyl adjacent to an activating group) is 1. The van der Waals surface area contributed by atoms with Crippen LogP contribution in [0.3, 0.4) is 0 Å². The molecule has 1 amide bonds. The third-order valence-corrected chi connectivity index (χ3v) is 3.60. The Kier molecular flexibility index (Phi) is 4.08. The van der Waals surface area contributed by atoms with Crippen LogP contribution in [0.4, 0.5) is 5.69 Å². The normalized spacial score (nSPS) is 11.2. The second kappa shape index (κ2) is 5.15. The Morgan fingerprint density at radius 2 is 1.94 bits per heavy atom. The summed E-state index contributed by atoms with van der Waals surface area (Å²) in [5.41, 5.74) is 5.71. The highest BCUT2D eigenvalue weighted by molar-refractivity contribution is 7.89. The zero-order valence-corrected chi connectivity index (χ0v) is 10.5. The van der Waals surface area contributed by atoms with E-state index in [1.54, 1.807) is 26.2 Å². The fourth-order valence-corrected chi connectivity index (χ4v) is 2.22. The number of sulfonamides is 1. The summed E-state index contributed by atoms with van der Waals surface area (Å²) < 4.78 is 25.8. The molecule has 0 aromatic heterocycles. The van der Waals surface area contributed by atoms with Crippen molar-refractivity contribution < 1.29 is 13.2 Å². The number of hydrogen-bond acceptors (Lipinski definition) is 4. The topological polar surface area (TPSA) is 92.5 Å². The van der Waals surface area contributed by atoms with Crippen LogP contribution in [0, 0.1) is 0 Å². The van der Waals surface area contributed by atoms with E-state index in [0.29, 0.717) is 0 Å². The predicted octanol–water partition coefficient (Wildman–Crippen LogP) is -0.365. The number of hydrogen-bond donors (Lipinski definition) is 2. The van der Waals surface area contributed by atoms with Crippen LogP contribution in [0.2, 0.25) is 0 Å². The van der Waals surface area contributed by atoms with Gasteiger partial charge in [-0.2, -0.15) is 0 Å². The minimum Gasteiger partial charge on any atom is -0.398 e. The maximum atomic E-state index is 11.8. The summed E-state index contributed by atoms with van der Waals surface area (Å²) in [4.78, 5) is 12.6. The van der Waals surface area contributed by atoms with Crippen LogP contribution in [0.15, 0.2) is 29.2 Å². The van der Waals surface area contributed by atoms with E-state index < -0.39 is 10.0 Å². The number of nitrogens with two attached hydrogens (primary N) is 1. The summed E-state index contributed by atoms with van der Waals surface area (Å²) in [5, 5.41) is 0. The van der Waals surface area contributed by atoms with Crippen molar-refractivity contribution in [3.63, 3.8) is 0 Å². The van der Waals surface area contributed by atoms with Gasteiger partial charge >= 0.3 is 0 Å². The molecule has 0 heterocycles. The molecule has 0 aliphatic rings. The Morgan fingerprint density at radius 3 is 2.47 bits per heavy atom. The Hall–Kier alpha value is -1.60.